The average Bonchev–Trinajstić information content (AvgIpc) is 4.03. The Kier molecular flexibility index (Phi) is 24.5. The zero-order valence-electron chi connectivity index (χ0n) is 48.1. The van der Waals surface area contributed by atoms with E-state index in [0.29, 0.717) is 245 Å². The molecule has 9 rings (SSSR count). The van der Waals surface area contributed by atoms with E-state index < -0.39 is 0 Å². The Labute approximate surface area is 486 Å². The topological polar surface area (TPSA) is 257 Å². The molecule has 5 heterocycles. The molecular formula is C60H74N8O16. The summed E-state index contributed by atoms with van der Waals surface area (Å²) in [6.45, 7) is 9.43. The maximum atomic E-state index is 6.50. The van der Waals surface area contributed by atoms with Gasteiger partial charge in [-0.2, -0.15) is 0 Å². The van der Waals surface area contributed by atoms with Gasteiger partial charge in [-0.05, 0) is 24.3 Å². The number of aromatic amines is 2. The number of benzene rings is 4. The van der Waals surface area contributed by atoms with E-state index >= 15 is 0 Å². The molecule has 0 saturated carbocycles. The molecule has 0 spiro atoms. The summed E-state index contributed by atoms with van der Waals surface area (Å²) in [5.41, 5.74) is 4.35. The van der Waals surface area contributed by atoms with Gasteiger partial charge >= 0.3 is 0 Å². The Hall–Kier alpha value is -7.04. The first-order valence-corrected chi connectivity index (χ1v) is 28.0. The van der Waals surface area contributed by atoms with E-state index in [9.17, 15) is 0 Å². The van der Waals surface area contributed by atoms with Crippen LogP contribution in [0.25, 0.3) is 89.7 Å². The standard InChI is InChI=1S/C60H74N8O16/c1-69-17-21-73-25-29-77-33-37-81-45-13-5-9-41-49(45)57-61-53(41)66-58-51-43(11-7-15-47(51)83-39-35-79-31-27-75-23-19-71-3)55(63-58)68-60-52-44(12-8-16-48(52)84-40-36-80-32-28-76-24-20-72-4)56(64-60)67-59-50-42(54(62-59)65-57)10-6-14-46(50)82-38-34-78-30-26-74-22-18-70-2/h5-16H,17-40H2,1-4H3,(H2,61,62,63,64,65,66,67,68). The molecular weight excluding hydrogens is 1090 g/mol. The van der Waals surface area contributed by atoms with E-state index in [4.69, 9.17) is 106 Å². The number of nitrogens with zero attached hydrogens (tertiary/aromatic N) is 6. The number of methoxy groups -OCH3 is 4. The molecule has 0 aliphatic carbocycles. The predicted octanol–water partition coefficient (Wildman–Crippen LogP) is 7.10. The Morgan fingerprint density at radius 2 is 0.548 bits per heavy atom. The Balaban J connectivity index is 1.16. The number of hydrogen-bond acceptors (Lipinski definition) is 22. The Morgan fingerprint density at radius 3 is 0.881 bits per heavy atom. The number of ether oxygens (including phenoxy) is 16. The molecule has 24 nitrogen and oxygen atoms in total. The van der Waals surface area contributed by atoms with Crippen LogP contribution in [0.2, 0.25) is 0 Å². The van der Waals surface area contributed by atoms with Crippen LogP contribution in [0.3, 0.4) is 0 Å². The molecule has 0 atom stereocenters. The van der Waals surface area contributed by atoms with Crippen LogP contribution in [0, 0.1) is 0 Å². The second-order valence-corrected chi connectivity index (χ2v) is 18.6. The number of aromatic nitrogens is 8. The van der Waals surface area contributed by atoms with Gasteiger partial charge in [0.2, 0.25) is 0 Å². The SMILES string of the molecule is COCCOCCOCCOc1cccc2c1-c1nc-2nc2[nH]c(nc3nc(nc4[nH]c(n1)c1cccc(OCCOCCOCCOC)c41)-c1cccc(OCCOCCOCCOC)c1-3)c1cccc(OCCOCCOCCOC)c21. The molecule has 2 N–H and O–H groups in total. The lowest BCUT2D eigenvalue weighted by atomic mass is 10.1. The summed E-state index contributed by atoms with van der Waals surface area (Å²) in [4.78, 5) is 38.7. The summed E-state index contributed by atoms with van der Waals surface area (Å²) in [6.07, 6.45) is 0. The molecule has 0 saturated heterocycles. The monoisotopic (exact) mass is 1160 g/mol. The number of hydrogen-bond donors (Lipinski definition) is 2. The number of fused-ring (bicyclic) bond motifs is 20. The maximum Gasteiger partial charge on any atom is 0.168 e. The van der Waals surface area contributed by atoms with Gasteiger partial charge in [0.05, 0.1) is 154 Å². The molecule has 450 valence electrons. The lowest BCUT2D eigenvalue weighted by Crippen LogP contribution is -2.12. The van der Waals surface area contributed by atoms with Gasteiger partial charge < -0.3 is 85.8 Å². The molecule has 2 aliphatic rings. The van der Waals surface area contributed by atoms with Gasteiger partial charge in [0.1, 0.15) is 72.0 Å². The molecule has 8 bridgehead atoms. The molecule has 0 unspecified atom stereocenters. The van der Waals surface area contributed by atoms with Crippen molar-refractivity contribution < 1.29 is 75.8 Å². The van der Waals surface area contributed by atoms with Crippen LogP contribution in [-0.2, 0) is 56.8 Å². The van der Waals surface area contributed by atoms with Crippen molar-refractivity contribution in [2.75, 3.05) is 187 Å². The van der Waals surface area contributed by atoms with E-state index in [-0.39, 0.29) is 26.4 Å². The highest BCUT2D eigenvalue weighted by Gasteiger charge is 2.27. The van der Waals surface area contributed by atoms with E-state index in [1.165, 1.54) is 0 Å². The second kappa shape index (κ2) is 33.4. The molecule has 7 aromatic rings. The summed E-state index contributed by atoms with van der Waals surface area (Å²) in [6, 6.07) is 22.9. The minimum absolute atomic E-state index is 0.236. The number of nitrogens with one attached hydrogen (secondary N) is 2. The maximum absolute atomic E-state index is 6.50. The summed E-state index contributed by atoms with van der Waals surface area (Å²) in [7, 11) is 6.54. The average molecular weight is 1160 g/mol. The fraction of sp³-hybridized carbons (Fsp3) is 0.467. The van der Waals surface area contributed by atoms with Crippen molar-refractivity contribution in [3.8, 4) is 68.5 Å². The molecule has 3 aromatic heterocycles. The third kappa shape index (κ3) is 16.6. The van der Waals surface area contributed by atoms with Crippen molar-refractivity contribution in [2.24, 2.45) is 0 Å². The van der Waals surface area contributed by atoms with E-state index in [1.807, 2.05) is 72.8 Å². The van der Waals surface area contributed by atoms with Gasteiger partial charge in [-0.3, -0.25) is 0 Å². The molecule has 0 amide bonds. The van der Waals surface area contributed by atoms with Gasteiger partial charge in [0, 0.05) is 50.3 Å². The van der Waals surface area contributed by atoms with Crippen molar-refractivity contribution >= 4 is 44.1 Å². The first kappa shape index (κ1) is 61.5. The quantitative estimate of drug-likeness (QED) is 0.0363. The van der Waals surface area contributed by atoms with Crippen molar-refractivity contribution in [1.29, 1.82) is 0 Å². The summed E-state index contributed by atoms with van der Waals surface area (Å²) >= 11 is 0. The molecule has 84 heavy (non-hydrogen) atoms. The van der Waals surface area contributed by atoms with Crippen LogP contribution in [0.4, 0.5) is 0 Å². The molecule has 4 aromatic carbocycles. The summed E-state index contributed by atoms with van der Waals surface area (Å²) in [5, 5.41) is 2.72. The van der Waals surface area contributed by atoms with Crippen molar-refractivity contribution in [3.63, 3.8) is 0 Å². The lowest BCUT2D eigenvalue weighted by molar-refractivity contribution is 0.0180. The third-order valence-corrected chi connectivity index (χ3v) is 12.9. The van der Waals surface area contributed by atoms with Gasteiger partial charge in [0.15, 0.2) is 23.3 Å². The van der Waals surface area contributed by atoms with Crippen molar-refractivity contribution in [3.05, 3.63) is 72.8 Å². The first-order valence-electron chi connectivity index (χ1n) is 28.0. The van der Waals surface area contributed by atoms with Gasteiger partial charge in [0.25, 0.3) is 0 Å². The van der Waals surface area contributed by atoms with E-state index in [2.05, 4.69) is 9.97 Å². The molecule has 2 aliphatic heterocycles. The second-order valence-electron chi connectivity index (χ2n) is 18.6. The predicted molar refractivity (Wildman–Crippen MR) is 312 cm³/mol. The van der Waals surface area contributed by atoms with Crippen molar-refractivity contribution in [2.45, 2.75) is 0 Å². The normalized spacial score (nSPS) is 11.9. The van der Waals surface area contributed by atoms with E-state index in [0.717, 1.165) is 0 Å². The summed E-state index contributed by atoms with van der Waals surface area (Å²) in [5.74, 6) is 3.55. The lowest BCUT2D eigenvalue weighted by Gasteiger charge is -2.11. The molecule has 24 heteroatoms. The highest BCUT2D eigenvalue weighted by atomic mass is 16.6. The fourth-order valence-electron chi connectivity index (χ4n) is 9.04. The number of rotatable bonds is 40. The zero-order chi connectivity index (χ0) is 58.0. The van der Waals surface area contributed by atoms with Crippen LogP contribution in [0.15, 0.2) is 72.8 Å². The smallest absolute Gasteiger partial charge is 0.168 e. The van der Waals surface area contributed by atoms with E-state index in [1.54, 1.807) is 28.4 Å². The van der Waals surface area contributed by atoms with Crippen LogP contribution in [0.1, 0.15) is 0 Å². The van der Waals surface area contributed by atoms with Crippen LogP contribution in [0.5, 0.6) is 23.0 Å². The Bertz CT molecular complexity index is 3130. The van der Waals surface area contributed by atoms with Crippen LogP contribution in [-0.4, -0.2) is 227 Å². The number of H-pyrrole nitrogens is 2. The van der Waals surface area contributed by atoms with Gasteiger partial charge in [-0.25, -0.2) is 29.9 Å². The fourth-order valence-corrected chi connectivity index (χ4v) is 9.04. The highest BCUT2D eigenvalue weighted by molar-refractivity contribution is 6.10. The molecule has 0 radical (unpaired) electrons. The van der Waals surface area contributed by atoms with Crippen molar-refractivity contribution in [1.82, 2.24) is 39.9 Å². The molecule has 0 fully saturated rings. The Morgan fingerprint density at radius 1 is 0.274 bits per heavy atom. The van der Waals surface area contributed by atoms with Crippen LogP contribution >= 0.6 is 0 Å². The third-order valence-electron chi connectivity index (χ3n) is 12.9. The highest BCUT2D eigenvalue weighted by Crippen LogP contribution is 2.44. The van der Waals surface area contributed by atoms with Gasteiger partial charge in [-0.15, -0.1) is 0 Å². The summed E-state index contributed by atoms with van der Waals surface area (Å²) < 4.78 is 92.1. The zero-order valence-corrected chi connectivity index (χ0v) is 48.1. The minimum atomic E-state index is 0.236. The first-order chi connectivity index (χ1) is 41.6. The largest absolute Gasteiger partial charge is 0.490 e. The van der Waals surface area contributed by atoms with Gasteiger partial charge in [-0.1, -0.05) is 48.5 Å². The minimum Gasteiger partial charge on any atom is -0.490 e. The van der Waals surface area contributed by atoms with Crippen LogP contribution < -0.4 is 18.9 Å².